The maximum absolute atomic E-state index is 4.54. The molecule has 5 nitrogen and oxygen atoms in total. The maximum Gasteiger partial charge on any atom is 0.128 e. The van der Waals surface area contributed by atoms with E-state index >= 15 is 0 Å². The van der Waals surface area contributed by atoms with Gasteiger partial charge >= 0.3 is 0 Å². The molecule has 2 aliphatic rings. The number of pyridine rings is 1. The molecule has 5 heteroatoms. The zero-order chi connectivity index (χ0) is 18.5. The Morgan fingerprint density at radius 2 is 2.11 bits per heavy atom. The van der Waals surface area contributed by atoms with E-state index in [4.69, 9.17) is 0 Å². The molecular weight excluding hydrogens is 334 g/mol. The Hall–Kier alpha value is -2.53. The van der Waals surface area contributed by atoms with Gasteiger partial charge in [-0.2, -0.15) is 0 Å². The minimum absolute atomic E-state index is 0.430. The largest absolute Gasteiger partial charge is 0.380 e. The number of benzene rings is 1. The lowest BCUT2D eigenvalue weighted by atomic mass is 9.74. The maximum atomic E-state index is 4.54. The Bertz CT molecular complexity index is 958. The number of nitrogens with one attached hydrogen (secondary N) is 2. The standard InChI is InChI=1S/C22H27N5/c1-26(2)21-8-7-15(12-24-21)25-16-10-18-17-5-4-6-19-22(17)14(11-23-19)9-20(18)27(3)13-16/h4-8,11-12,16,18,20,23,25H,9-10,13H2,1-3H3/t16-,18-,20-/m1/s1. The lowest BCUT2D eigenvalue weighted by Crippen LogP contribution is -2.51. The second-order valence-electron chi connectivity index (χ2n) is 8.28. The number of likely N-dealkylation sites (tertiary alicyclic amines) is 1. The fraction of sp³-hybridized carbons (Fsp3) is 0.409. The number of fused-ring (bicyclic) bond motifs is 2. The minimum Gasteiger partial charge on any atom is -0.380 e. The molecule has 1 aromatic carbocycles. The summed E-state index contributed by atoms with van der Waals surface area (Å²) in [6.45, 7) is 1.06. The zero-order valence-electron chi connectivity index (χ0n) is 16.2. The monoisotopic (exact) mass is 361 g/mol. The summed E-state index contributed by atoms with van der Waals surface area (Å²) < 4.78 is 0. The fourth-order valence-electron chi connectivity index (χ4n) is 5.02. The summed E-state index contributed by atoms with van der Waals surface area (Å²) in [7, 11) is 6.31. The first-order valence-corrected chi connectivity index (χ1v) is 9.79. The highest BCUT2D eigenvalue weighted by Crippen LogP contribution is 2.43. The van der Waals surface area contributed by atoms with Crippen LogP contribution >= 0.6 is 0 Å². The molecule has 0 radical (unpaired) electrons. The summed E-state index contributed by atoms with van der Waals surface area (Å²) in [6, 6.07) is 12.0. The van der Waals surface area contributed by atoms with Gasteiger partial charge in [0.1, 0.15) is 5.82 Å². The van der Waals surface area contributed by atoms with E-state index in [-0.39, 0.29) is 0 Å². The first-order chi connectivity index (χ1) is 13.1. The quantitative estimate of drug-likeness (QED) is 0.750. The molecule has 3 atom stereocenters. The molecule has 1 saturated heterocycles. The number of aromatic amines is 1. The molecular formula is C22H27N5. The van der Waals surface area contributed by atoms with Crippen LogP contribution in [0.15, 0.2) is 42.7 Å². The highest BCUT2D eigenvalue weighted by Gasteiger charge is 2.39. The van der Waals surface area contributed by atoms with Crippen molar-refractivity contribution in [2.45, 2.75) is 30.8 Å². The van der Waals surface area contributed by atoms with Crippen LogP contribution in [-0.4, -0.2) is 54.6 Å². The van der Waals surface area contributed by atoms with Gasteiger partial charge < -0.3 is 20.1 Å². The molecule has 0 saturated carbocycles. The fourth-order valence-corrected chi connectivity index (χ4v) is 5.02. The predicted molar refractivity (Wildman–Crippen MR) is 112 cm³/mol. The van der Waals surface area contributed by atoms with E-state index < -0.39 is 0 Å². The third kappa shape index (κ3) is 2.77. The predicted octanol–water partition coefficient (Wildman–Crippen LogP) is 3.45. The van der Waals surface area contributed by atoms with Gasteiger partial charge in [0.15, 0.2) is 0 Å². The van der Waals surface area contributed by atoms with Crippen molar-refractivity contribution in [2.24, 2.45) is 0 Å². The van der Waals surface area contributed by atoms with Gasteiger partial charge in [0, 0.05) is 55.7 Å². The molecule has 3 aromatic rings. The lowest BCUT2D eigenvalue weighted by Gasteiger charge is -2.46. The lowest BCUT2D eigenvalue weighted by molar-refractivity contribution is 0.147. The molecule has 3 heterocycles. The van der Waals surface area contributed by atoms with Gasteiger partial charge in [-0.3, -0.25) is 0 Å². The number of anilines is 2. The highest BCUT2D eigenvalue weighted by molar-refractivity contribution is 5.88. The van der Waals surface area contributed by atoms with Crippen molar-refractivity contribution >= 4 is 22.4 Å². The van der Waals surface area contributed by atoms with Crippen LogP contribution < -0.4 is 10.2 Å². The molecule has 0 amide bonds. The van der Waals surface area contributed by atoms with E-state index in [0.29, 0.717) is 18.0 Å². The van der Waals surface area contributed by atoms with Crippen LogP contribution in [0.1, 0.15) is 23.5 Å². The summed E-state index contributed by atoms with van der Waals surface area (Å²) in [5, 5.41) is 5.19. The molecule has 0 bridgehead atoms. The Labute approximate surface area is 160 Å². The van der Waals surface area contributed by atoms with Crippen LogP contribution in [0.3, 0.4) is 0 Å². The van der Waals surface area contributed by atoms with Gasteiger partial charge in [0.05, 0.1) is 11.9 Å². The van der Waals surface area contributed by atoms with Crippen molar-refractivity contribution in [1.29, 1.82) is 0 Å². The van der Waals surface area contributed by atoms with Crippen molar-refractivity contribution < 1.29 is 0 Å². The zero-order valence-corrected chi connectivity index (χ0v) is 16.2. The molecule has 27 heavy (non-hydrogen) atoms. The molecule has 1 fully saturated rings. The van der Waals surface area contributed by atoms with E-state index in [0.717, 1.165) is 30.9 Å². The van der Waals surface area contributed by atoms with E-state index in [9.17, 15) is 0 Å². The summed E-state index contributed by atoms with van der Waals surface area (Å²) in [5.41, 5.74) is 5.37. The number of rotatable bonds is 3. The molecule has 0 spiro atoms. The molecule has 2 aromatic heterocycles. The molecule has 2 N–H and O–H groups in total. The van der Waals surface area contributed by atoms with Crippen LogP contribution in [-0.2, 0) is 6.42 Å². The van der Waals surface area contributed by atoms with Gasteiger partial charge in [-0.15, -0.1) is 0 Å². The first-order valence-electron chi connectivity index (χ1n) is 9.79. The van der Waals surface area contributed by atoms with E-state index in [1.54, 1.807) is 0 Å². The Kier molecular flexibility index (Phi) is 3.86. The number of piperidine rings is 1. The average Bonchev–Trinajstić information content (AvgIpc) is 3.08. The highest BCUT2D eigenvalue weighted by atomic mass is 15.2. The number of H-pyrrole nitrogens is 1. The topological polar surface area (TPSA) is 47.2 Å². The number of hydrogen-bond acceptors (Lipinski definition) is 4. The average molecular weight is 361 g/mol. The number of nitrogens with zero attached hydrogens (tertiary/aromatic N) is 3. The normalized spacial score (nSPS) is 24.6. The molecule has 5 rings (SSSR count). The van der Waals surface area contributed by atoms with Gasteiger partial charge in [0.2, 0.25) is 0 Å². The van der Waals surface area contributed by atoms with Crippen molar-refractivity contribution in [1.82, 2.24) is 14.9 Å². The molecule has 1 aliphatic carbocycles. The third-order valence-corrected chi connectivity index (χ3v) is 6.30. The number of hydrogen-bond donors (Lipinski definition) is 2. The van der Waals surface area contributed by atoms with Crippen LogP contribution in [0.5, 0.6) is 0 Å². The summed E-state index contributed by atoms with van der Waals surface area (Å²) in [5.74, 6) is 1.56. The van der Waals surface area contributed by atoms with Crippen LogP contribution in [0.4, 0.5) is 11.5 Å². The van der Waals surface area contributed by atoms with Crippen LogP contribution in [0.25, 0.3) is 10.9 Å². The van der Waals surface area contributed by atoms with Gasteiger partial charge in [-0.25, -0.2) is 4.98 Å². The third-order valence-electron chi connectivity index (χ3n) is 6.30. The van der Waals surface area contributed by atoms with Crippen molar-refractivity contribution in [3.8, 4) is 0 Å². The van der Waals surface area contributed by atoms with Crippen LogP contribution in [0, 0.1) is 0 Å². The van der Waals surface area contributed by atoms with E-state index in [1.165, 1.54) is 22.0 Å². The molecule has 140 valence electrons. The van der Waals surface area contributed by atoms with Crippen molar-refractivity contribution in [3.05, 3.63) is 53.9 Å². The Morgan fingerprint density at radius 3 is 2.89 bits per heavy atom. The number of aromatic nitrogens is 2. The number of likely N-dealkylation sites (N-methyl/N-ethyl adjacent to an activating group) is 1. The first kappa shape index (κ1) is 16.6. The van der Waals surface area contributed by atoms with E-state index in [1.807, 2.05) is 25.2 Å². The van der Waals surface area contributed by atoms with Gasteiger partial charge in [-0.1, -0.05) is 12.1 Å². The second-order valence-corrected chi connectivity index (χ2v) is 8.28. The summed E-state index contributed by atoms with van der Waals surface area (Å²) in [4.78, 5) is 12.6. The Morgan fingerprint density at radius 1 is 1.22 bits per heavy atom. The van der Waals surface area contributed by atoms with Gasteiger partial charge in [0.25, 0.3) is 0 Å². The SMILES string of the molecule is CN(C)c1ccc(N[C@@H]2C[C@@H]3c4cccc5[nH]cc(c45)C[C@H]3N(C)C2)cn1. The minimum atomic E-state index is 0.430. The van der Waals surface area contributed by atoms with Gasteiger partial charge in [-0.05, 0) is 49.2 Å². The Balaban J connectivity index is 1.41. The summed E-state index contributed by atoms with van der Waals surface area (Å²) >= 11 is 0. The van der Waals surface area contributed by atoms with Crippen molar-refractivity contribution in [2.75, 3.05) is 37.9 Å². The summed E-state index contributed by atoms with van der Waals surface area (Å²) in [6.07, 6.45) is 6.46. The van der Waals surface area contributed by atoms with E-state index in [2.05, 4.69) is 63.8 Å². The van der Waals surface area contributed by atoms with Crippen LogP contribution in [0.2, 0.25) is 0 Å². The second kappa shape index (κ2) is 6.27. The smallest absolute Gasteiger partial charge is 0.128 e. The van der Waals surface area contributed by atoms with Crippen molar-refractivity contribution in [3.63, 3.8) is 0 Å². The molecule has 0 unspecified atom stereocenters. The molecule has 1 aliphatic heterocycles.